The van der Waals surface area contributed by atoms with E-state index < -0.39 is 17.7 Å². The van der Waals surface area contributed by atoms with Crippen LogP contribution in [-0.2, 0) is 11.2 Å². The number of thiophene rings is 1. The van der Waals surface area contributed by atoms with Crippen molar-refractivity contribution in [2.75, 3.05) is 0 Å². The number of halogens is 4. The van der Waals surface area contributed by atoms with Crippen molar-refractivity contribution in [3.8, 4) is 10.6 Å². The van der Waals surface area contributed by atoms with E-state index in [2.05, 4.69) is 9.98 Å². The van der Waals surface area contributed by atoms with E-state index >= 15 is 0 Å². The molecule has 0 aliphatic heterocycles. The predicted molar refractivity (Wildman–Crippen MR) is 108 cm³/mol. The van der Waals surface area contributed by atoms with Gasteiger partial charge in [0.15, 0.2) is 0 Å². The predicted octanol–water partition coefficient (Wildman–Crippen LogP) is 7.05. The number of ether oxygens (including phenoxy) is 1. The number of hydrogen-bond acceptors (Lipinski definition) is 5. The highest BCUT2D eigenvalue weighted by atomic mass is 35.5. The maximum atomic E-state index is 13.5. The summed E-state index contributed by atoms with van der Waals surface area (Å²) in [5.41, 5.74) is 0.0120. The van der Waals surface area contributed by atoms with Crippen molar-refractivity contribution in [2.45, 2.75) is 39.0 Å². The van der Waals surface area contributed by atoms with Crippen molar-refractivity contribution in [3.63, 3.8) is 0 Å². The summed E-state index contributed by atoms with van der Waals surface area (Å²) in [7, 11) is 0. The van der Waals surface area contributed by atoms with Crippen LogP contribution in [-0.4, -0.2) is 22.7 Å². The second-order valence-corrected chi connectivity index (χ2v) is 8.56. The average molecular weight is 443 g/mol. The smallest absolute Gasteiger partial charge is 0.468 e. The first kappa shape index (κ1) is 21.4. The molecule has 154 valence electrons. The normalized spacial score (nSPS) is 13.0. The van der Waals surface area contributed by atoms with Gasteiger partial charge in [-0.25, -0.2) is 4.98 Å². The first-order chi connectivity index (χ1) is 13.5. The average Bonchev–Trinajstić information content (AvgIpc) is 3.24. The van der Waals surface area contributed by atoms with Gasteiger partial charge in [-0.3, -0.25) is 0 Å². The Labute approximate surface area is 175 Å². The molecule has 3 rings (SSSR count). The molecule has 2 aromatic heterocycles. The van der Waals surface area contributed by atoms with Gasteiger partial charge in [0.1, 0.15) is 11.3 Å². The van der Waals surface area contributed by atoms with Crippen LogP contribution < -0.4 is 0 Å². The summed E-state index contributed by atoms with van der Waals surface area (Å²) >= 11 is 7.22. The fraction of sp³-hybridized carbons (Fsp3) is 0.300. The zero-order valence-electron chi connectivity index (χ0n) is 15.9. The number of hydrogen-bond donors (Lipinski definition) is 0. The lowest BCUT2D eigenvalue weighted by Gasteiger charge is -2.23. The van der Waals surface area contributed by atoms with Gasteiger partial charge in [-0.05, 0) is 49.9 Å². The summed E-state index contributed by atoms with van der Waals surface area (Å²) in [5, 5.41) is 2.38. The zero-order valence-corrected chi connectivity index (χ0v) is 17.5. The Morgan fingerprint density at radius 3 is 2.41 bits per heavy atom. The lowest BCUT2D eigenvalue weighted by atomic mass is 10.1. The van der Waals surface area contributed by atoms with Crippen LogP contribution in [0, 0.1) is 0 Å². The summed E-state index contributed by atoms with van der Waals surface area (Å²) < 4.78 is 51.1. The molecule has 0 radical (unpaired) electrons. The van der Waals surface area contributed by atoms with Crippen molar-refractivity contribution in [1.29, 1.82) is 0 Å². The molecule has 4 nitrogen and oxygen atoms in total. The highest BCUT2D eigenvalue weighted by Gasteiger charge is 2.41. The summed E-state index contributed by atoms with van der Waals surface area (Å²) in [4.78, 5) is 8.70. The summed E-state index contributed by atoms with van der Waals surface area (Å²) in [6.07, 6.45) is -4.49. The van der Waals surface area contributed by atoms with Crippen molar-refractivity contribution < 1.29 is 22.3 Å². The molecule has 29 heavy (non-hydrogen) atoms. The molecule has 2 heterocycles. The van der Waals surface area contributed by atoms with E-state index in [0.717, 1.165) is 5.56 Å². The molecule has 0 atom stereocenters. The molecule has 0 aliphatic carbocycles. The largest absolute Gasteiger partial charge is 0.468 e. The van der Waals surface area contributed by atoms with Gasteiger partial charge in [0.2, 0.25) is 5.89 Å². The van der Waals surface area contributed by atoms with Crippen LogP contribution in [0.5, 0.6) is 0 Å². The van der Waals surface area contributed by atoms with E-state index in [1.807, 2.05) is 0 Å². The highest BCUT2D eigenvalue weighted by Crippen LogP contribution is 2.36. The Kier molecular flexibility index (Phi) is 6.05. The van der Waals surface area contributed by atoms with Crippen LogP contribution in [0.1, 0.15) is 32.2 Å². The lowest BCUT2D eigenvalue weighted by Crippen LogP contribution is -2.33. The van der Waals surface area contributed by atoms with Crippen LogP contribution >= 0.6 is 22.9 Å². The number of nitrogens with zero attached hydrogens (tertiary/aromatic N) is 2. The van der Waals surface area contributed by atoms with Crippen LogP contribution in [0.15, 0.2) is 51.2 Å². The molecule has 0 fully saturated rings. The first-order valence-corrected chi connectivity index (χ1v) is 9.90. The lowest BCUT2D eigenvalue weighted by molar-refractivity contribution is -0.0896. The Bertz CT molecular complexity index is 988. The van der Waals surface area contributed by atoms with E-state index in [-0.39, 0.29) is 23.9 Å². The van der Waals surface area contributed by atoms with Gasteiger partial charge in [0.25, 0.3) is 5.88 Å². The van der Waals surface area contributed by atoms with Crippen molar-refractivity contribution in [1.82, 2.24) is 4.98 Å². The third-order valence-corrected chi connectivity index (χ3v) is 4.65. The van der Waals surface area contributed by atoms with E-state index in [1.165, 1.54) is 32.1 Å². The fourth-order valence-electron chi connectivity index (χ4n) is 2.38. The Hall–Kier alpha value is -2.32. The maximum Gasteiger partial charge on any atom is 0.468 e. The van der Waals surface area contributed by atoms with Crippen LogP contribution in [0.3, 0.4) is 0 Å². The minimum absolute atomic E-state index is 0.239. The minimum Gasteiger partial charge on any atom is -0.468 e. The van der Waals surface area contributed by atoms with E-state index in [4.69, 9.17) is 20.8 Å². The van der Waals surface area contributed by atoms with Crippen molar-refractivity contribution >= 4 is 34.7 Å². The molecular weight excluding hydrogens is 425 g/mol. The Morgan fingerprint density at radius 1 is 1.17 bits per heavy atom. The highest BCUT2D eigenvalue weighted by molar-refractivity contribution is 7.13. The van der Waals surface area contributed by atoms with Gasteiger partial charge in [-0.2, -0.15) is 18.2 Å². The van der Waals surface area contributed by atoms with Gasteiger partial charge < -0.3 is 9.15 Å². The standard InChI is InChI=1S/C20H18ClF3N2O2S/c1-19(2,3)28-18(20(22,23)24)26-17-16(14-5-4-10-29-14)25-15(27-17)11-12-6-8-13(21)9-7-12/h4-10H,11H2,1-3H3/b26-18+. The molecule has 0 N–H and O–H groups in total. The first-order valence-electron chi connectivity index (χ1n) is 8.64. The van der Waals surface area contributed by atoms with Gasteiger partial charge in [0.05, 0.1) is 4.88 Å². The molecule has 0 aliphatic rings. The van der Waals surface area contributed by atoms with Crippen molar-refractivity contribution in [2.24, 2.45) is 4.99 Å². The number of oxazole rings is 1. The third-order valence-electron chi connectivity index (χ3n) is 3.53. The molecule has 0 saturated heterocycles. The summed E-state index contributed by atoms with van der Waals surface area (Å²) in [5.74, 6) is -1.38. The molecule has 0 saturated carbocycles. The number of rotatable bonds is 4. The van der Waals surface area contributed by atoms with Crippen LogP contribution in [0.4, 0.5) is 19.1 Å². The van der Waals surface area contributed by atoms with E-state index in [1.54, 1.807) is 41.8 Å². The molecular formula is C20H18ClF3N2O2S. The molecule has 0 spiro atoms. The number of aliphatic imine (C=N–C) groups is 1. The fourth-order valence-corrected chi connectivity index (χ4v) is 3.22. The molecule has 0 amide bonds. The van der Waals surface area contributed by atoms with Gasteiger partial charge in [-0.1, -0.05) is 29.8 Å². The molecule has 0 unspecified atom stereocenters. The quantitative estimate of drug-likeness (QED) is 0.321. The number of benzene rings is 1. The third kappa shape index (κ3) is 5.83. The van der Waals surface area contributed by atoms with Crippen LogP contribution in [0.25, 0.3) is 10.6 Å². The van der Waals surface area contributed by atoms with Gasteiger partial charge in [-0.15, -0.1) is 11.3 Å². The van der Waals surface area contributed by atoms with Gasteiger partial charge >= 0.3 is 12.1 Å². The van der Waals surface area contributed by atoms with Gasteiger partial charge in [0, 0.05) is 11.4 Å². The topological polar surface area (TPSA) is 47.6 Å². The van der Waals surface area contributed by atoms with Crippen molar-refractivity contribution in [3.05, 3.63) is 58.3 Å². The molecule has 9 heteroatoms. The van der Waals surface area contributed by atoms with Crippen LogP contribution in [0.2, 0.25) is 5.02 Å². The van der Waals surface area contributed by atoms with E-state index in [0.29, 0.717) is 9.90 Å². The monoisotopic (exact) mass is 442 g/mol. The zero-order chi connectivity index (χ0) is 21.2. The van der Waals surface area contributed by atoms with E-state index in [9.17, 15) is 13.2 Å². The SMILES string of the molecule is CC(C)(C)O/C(=N/c1oc(Cc2ccc(Cl)cc2)nc1-c1cccs1)C(F)(F)F. The Morgan fingerprint density at radius 2 is 1.86 bits per heavy atom. The number of aromatic nitrogens is 1. The molecule has 0 bridgehead atoms. The summed E-state index contributed by atoms with van der Waals surface area (Å²) in [6, 6.07) is 10.5. The molecule has 3 aromatic rings. The second-order valence-electron chi connectivity index (χ2n) is 7.17. The Balaban J connectivity index is 2.03. The second kappa shape index (κ2) is 8.20. The molecule has 1 aromatic carbocycles. The summed E-state index contributed by atoms with van der Waals surface area (Å²) in [6.45, 7) is 4.54. The minimum atomic E-state index is -4.77. The number of alkyl halides is 3. The maximum absolute atomic E-state index is 13.5.